The monoisotopic (exact) mass is 226 g/mol. The van der Waals surface area contributed by atoms with E-state index in [-0.39, 0.29) is 0 Å². The summed E-state index contributed by atoms with van der Waals surface area (Å²) in [6.45, 7) is 4.35. The van der Waals surface area contributed by atoms with Crippen molar-refractivity contribution in [2.45, 2.75) is 13.3 Å². The summed E-state index contributed by atoms with van der Waals surface area (Å²) in [7, 11) is 0. The molecule has 1 aromatic heterocycles. The van der Waals surface area contributed by atoms with Crippen LogP contribution in [0.5, 0.6) is 0 Å². The second-order valence-corrected chi connectivity index (χ2v) is 4.01. The molecule has 0 bridgehead atoms. The summed E-state index contributed by atoms with van der Waals surface area (Å²) >= 11 is 3.52. The highest BCUT2D eigenvalue weighted by Gasteiger charge is 2.17. The van der Waals surface area contributed by atoms with Gasteiger partial charge in [-0.05, 0) is 40.9 Å². The third kappa shape index (κ3) is 1.33. The van der Waals surface area contributed by atoms with Gasteiger partial charge in [0, 0.05) is 19.3 Å². The number of anilines is 1. The first-order valence-corrected chi connectivity index (χ1v) is 4.94. The topological polar surface area (TPSA) is 16.1 Å². The zero-order valence-electron chi connectivity index (χ0n) is 7.05. The van der Waals surface area contributed by atoms with Crippen molar-refractivity contribution in [2.24, 2.45) is 0 Å². The Morgan fingerprint density at radius 3 is 2.75 bits per heavy atom. The van der Waals surface area contributed by atoms with Crippen LogP contribution < -0.4 is 4.90 Å². The van der Waals surface area contributed by atoms with Gasteiger partial charge in [-0.3, -0.25) is 0 Å². The summed E-state index contributed by atoms with van der Waals surface area (Å²) in [5.74, 6) is 1.09. The third-order valence-corrected chi connectivity index (χ3v) is 2.70. The van der Waals surface area contributed by atoms with E-state index in [9.17, 15) is 0 Å². The zero-order valence-corrected chi connectivity index (χ0v) is 8.63. The van der Waals surface area contributed by atoms with Crippen molar-refractivity contribution >= 4 is 21.7 Å². The minimum atomic E-state index is 1.09. The molecular formula is C9H11BrN2. The van der Waals surface area contributed by atoms with Gasteiger partial charge in [-0.1, -0.05) is 0 Å². The first-order valence-electron chi connectivity index (χ1n) is 4.14. The maximum absolute atomic E-state index is 4.38. The molecule has 0 saturated carbocycles. The molecule has 0 amide bonds. The van der Waals surface area contributed by atoms with Crippen molar-refractivity contribution < 1.29 is 0 Å². The van der Waals surface area contributed by atoms with E-state index in [1.165, 1.54) is 12.0 Å². The van der Waals surface area contributed by atoms with Crippen LogP contribution in [0.25, 0.3) is 0 Å². The largest absolute Gasteiger partial charge is 0.356 e. The van der Waals surface area contributed by atoms with Gasteiger partial charge in [0.15, 0.2) is 0 Å². The summed E-state index contributed by atoms with van der Waals surface area (Å²) in [6, 6.07) is 2.11. The van der Waals surface area contributed by atoms with E-state index in [2.05, 4.69) is 38.8 Å². The Bertz CT molecular complexity index is 295. The first kappa shape index (κ1) is 8.05. The minimum absolute atomic E-state index is 1.09. The first-order chi connectivity index (χ1) is 5.77. The van der Waals surface area contributed by atoms with Crippen LogP contribution >= 0.6 is 15.9 Å². The fourth-order valence-corrected chi connectivity index (χ4v) is 2.00. The SMILES string of the molecule is Cc1cnc(N2CCC2)c(Br)c1. The molecule has 64 valence electrons. The van der Waals surface area contributed by atoms with Crippen LogP contribution in [0, 0.1) is 6.92 Å². The molecule has 1 saturated heterocycles. The molecule has 1 aliphatic rings. The molecule has 0 atom stereocenters. The van der Waals surface area contributed by atoms with E-state index in [1.807, 2.05) is 6.20 Å². The minimum Gasteiger partial charge on any atom is -0.356 e. The Kier molecular flexibility index (Phi) is 2.05. The Hall–Kier alpha value is -0.570. The number of aromatic nitrogens is 1. The van der Waals surface area contributed by atoms with Gasteiger partial charge in [0.1, 0.15) is 5.82 Å². The van der Waals surface area contributed by atoms with Crippen LogP contribution in [-0.2, 0) is 0 Å². The second-order valence-electron chi connectivity index (χ2n) is 3.16. The average molecular weight is 227 g/mol. The maximum atomic E-state index is 4.38. The highest BCUT2D eigenvalue weighted by molar-refractivity contribution is 9.10. The predicted octanol–water partition coefficient (Wildman–Crippen LogP) is 2.36. The summed E-state index contributed by atoms with van der Waals surface area (Å²) in [5.41, 5.74) is 1.20. The number of hydrogen-bond acceptors (Lipinski definition) is 2. The van der Waals surface area contributed by atoms with E-state index >= 15 is 0 Å². The smallest absolute Gasteiger partial charge is 0.142 e. The number of nitrogens with zero attached hydrogens (tertiary/aromatic N) is 2. The van der Waals surface area contributed by atoms with Crippen LogP contribution in [0.1, 0.15) is 12.0 Å². The zero-order chi connectivity index (χ0) is 8.55. The molecule has 0 N–H and O–H groups in total. The summed E-state index contributed by atoms with van der Waals surface area (Å²) in [4.78, 5) is 6.66. The van der Waals surface area contributed by atoms with Crippen molar-refractivity contribution in [3.63, 3.8) is 0 Å². The number of hydrogen-bond donors (Lipinski definition) is 0. The third-order valence-electron chi connectivity index (χ3n) is 2.11. The fraction of sp³-hybridized carbons (Fsp3) is 0.444. The Balaban J connectivity index is 2.31. The molecule has 0 spiro atoms. The average Bonchev–Trinajstić information content (AvgIpc) is 1.91. The van der Waals surface area contributed by atoms with Gasteiger partial charge < -0.3 is 4.90 Å². The summed E-state index contributed by atoms with van der Waals surface area (Å²) < 4.78 is 1.11. The van der Waals surface area contributed by atoms with Gasteiger partial charge in [-0.25, -0.2) is 4.98 Å². The molecule has 2 rings (SSSR count). The van der Waals surface area contributed by atoms with Gasteiger partial charge in [-0.15, -0.1) is 0 Å². The van der Waals surface area contributed by atoms with Crippen LogP contribution in [0.4, 0.5) is 5.82 Å². The number of rotatable bonds is 1. The lowest BCUT2D eigenvalue weighted by Crippen LogP contribution is -2.37. The van der Waals surface area contributed by atoms with Crippen LogP contribution in [0.2, 0.25) is 0 Å². The van der Waals surface area contributed by atoms with E-state index in [0.717, 1.165) is 23.4 Å². The van der Waals surface area contributed by atoms with Gasteiger partial charge in [0.2, 0.25) is 0 Å². The molecule has 0 unspecified atom stereocenters. The lowest BCUT2D eigenvalue weighted by atomic mass is 10.2. The number of halogens is 1. The summed E-state index contributed by atoms with van der Waals surface area (Å²) in [6.07, 6.45) is 3.21. The number of pyridine rings is 1. The van der Waals surface area contributed by atoms with E-state index in [0.29, 0.717) is 0 Å². The van der Waals surface area contributed by atoms with Crippen molar-refractivity contribution in [3.05, 3.63) is 22.3 Å². The lowest BCUT2D eigenvalue weighted by molar-refractivity contribution is 0.608. The molecule has 0 aromatic carbocycles. The lowest BCUT2D eigenvalue weighted by Gasteiger charge is -2.32. The fourth-order valence-electron chi connectivity index (χ4n) is 1.29. The molecule has 1 aliphatic heterocycles. The van der Waals surface area contributed by atoms with Gasteiger partial charge in [0.05, 0.1) is 4.47 Å². The van der Waals surface area contributed by atoms with Crippen LogP contribution in [-0.4, -0.2) is 18.1 Å². The molecule has 0 aliphatic carbocycles. The molecule has 2 heterocycles. The predicted molar refractivity (Wildman–Crippen MR) is 53.5 cm³/mol. The molecule has 12 heavy (non-hydrogen) atoms. The normalized spacial score (nSPS) is 16.0. The van der Waals surface area contributed by atoms with E-state index < -0.39 is 0 Å². The highest BCUT2D eigenvalue weighted by atomic mass is 79.9. The molecule has 2 nitrogen and oxygen atoms in total. The summed E-state index contributed by atoms with van der Waals surface area (Å²) in [5, 5.41) is 0. The molecule has 1 aromatic rings. The highest BCUT2D eigenvalue weighted by Crippen LogP contribution is 2.27. The molecular weight excluding hydrogens is 216 g/mol. The van der Waals surface area contributed by atoms with E-state index in [4.69, 9.17) is 0 Å². The van der Waals surface area contributed by atoms with Crippen molar-refractivity contribution in [3.8, 4) is 0 Å². The number of aryl methyl sites for hydroxylation is 1. The van der Waals surface area contributed by atoms with Crippen molar-refractivity contribution in [1.82, 2.24) is 4.98 Å². The molecule has 3 heteroatoms. The Morgan fingerprint density at radius 1 is 1.50 bits per heavy atom. The van der Waals surface area contributed by atoms with Crippen LogP contribution in [0.15, 0.2) is 16.7 Å². The molecule has 0 radical (unpaired) electrons. The Labute approximate surface area is 80.7 Å². The van der Waals surface area contributed by atoms with Gasteiger partial charge >= 0.3 is 0 Å². The second kappa shape index (κ2) is 3.05. The quantitative estimate of drug-likeness (QED) is 0.732. The van der Waals surface area contributed by atoms with Crippen molar-refractivity contribution in [1.29, 1.82) is 0 Å². The standard InChI is InChI=1S/C9H11BrN2/c1-7-5-8(10)9(11-6-7)12-3-2-4-12/h5-6H,2-4H2,1H3. The van der Waals surface area contributed by atoms with Crippen molar-refractivity contribution in [2.75, 3.05) is 18.0 Å². The maximum Gasteiger partial charge on any atom is 0.142 e. The van der Waals surface area contributed by atoms with Gasteiger partial charge in [0.25, 0.3) is 0 Å². The Morgan fingerprint density at radius 2 is 2.25 bits per heavy atom. The van der Waals surface area contributed by atoms with Gasteiger partial charge in [-0.2, -0.15) is 0 Å². The van der Waals surface area contributed by atoms with E-state index in [1.54, 1.807) is 0 Å². The molecule has 1 fully saturated rings. The van der Waals surface area contributed by atoms with Crippen LogP contribution in [0.3, 0.4) is 0 Å².